The van der Waals surface area contributed by atoms with Gasteiger partial charge < -0.3 is 15.0 Å². The molecule has 2 amide bonds. The summed E-state index contributed by atoms with van der Waals surface area (Å²) < 4.78 is 7.45. The number of pyridine rings is 1. The average molecular weight is 595 g/mol. The van der Waals surface area contributed by atoms with Crippen molar-refractivity contribution >= 4 is 34.1 Å². The fourth-order valence-electron chi connectivity index (χ4n) is 5.26. The number of amides is 2. The molecule has 220 valence electrons. The molecule has 0 atom stereocenters. The monoisotopic (exact) mass is 594 g/mol. The summed E-state index contributed by atoms with van der Waals surface area (Å²) in [5, 5.41) is 10.8. The predicted molar refractivity (Wildman–Crippen MR) is 166 cm³/mol. The zero-order valence-electron chi connectivity index (χ0n) is 24.5. The normalized spacial score (nSPS) is 13.7. The van der Waals surface area contributed by atoms with Crippen molar-refractivity contribution < 1.29 is 14.3 Å². The van der Waals surface area contributed by atoms with Crippen LogP contribution in [0.1, 0.15) is 52.5 Å². The van der Waals surface area contributed by atoms with Gasteiger partial charge in [0.25, 0.3) is 5.91 Å². The number of aryl methyl sites for hydroxylation is 1. The van der Waals surface area contributed by atoms with Crippen LogP contribution in [0.15, 0.2) is 71.8 Å². The average Bonchev–Trinajstić information content (AvgIpc) is 3.36. The number of benzene rings is 2. The van der Waals surface area contributed by atoms with Gasteiger partial charge in [0.1, 0.15) is 6.54 Å². The maximum atomic E-state index is 13.6. The molecule has 3 aromatic heterocycles. The molecule has 1 saturated carbocycles. The largest absolute Gasteiger partial charge is 0.370 e. The van der Waals surface area contributed by atoms with Gasteiger partial charge in [-0.05, 0) is 61.6 Å². The third-order valence-electron chi connectivity index (χ3n) is 8.00. The molecule has 1 aliphatic carbocycles. The van der Waals surface area contributed by atoms with Crippen molar-refractivity contribution in [3.8, 4) is 11.3 Å². The van der Waals surface area contributed by atoms with Crippen LogP contribution < -0.4 is 5.32 Å². The molecule has 1 N–H and O–H groups in total. The number of rotatable bonds is 11. The molecule has 0 bridgehead atoms. The van der Waals surface area contributed by atoms with Gasteiger partial charge in [-0.3, -0.25) is 14.3 Å². The Morgan fingerprint density at radius 3 is 2.72 bits per heavy atom. The van der Waals surface area contributed by atoms with Crippen LogP contribution in [-0.2, 0) is 34.8 Å². The Labute approximate surface area is 254 Å². The number of carbonyl (C=O) groups excluding carboxylic acids is 2. The maximum Gasteiger partial charge on any atom is 0.252 e. The third kappa shape index (κ3) is 6.21. The Morgan fingerprint density at radius 2 is 1.98 bits per heavy atom. The van der Waals surface area contributed by atoms with E-state index in [0.717, 1.165) is 57.4 Å². The smallest absolute Gasteiger partial charge is 0.252 e. The van der Waals surface area contributed by atoms with E-state index >= 15 is 0 Å². The molecule has 43 heavy (non-hydrogen) atoms. The molecule has 0 saturated heterocycles. The number of nitrogens with one attached hydrogen (secondary N) is 1. The van der Waals surface area contributed by atoms with Gasteiger partial charge in [-0.25, -0.2) is 9.97 Å². The number of ether oxygens (including phenoxy) is 1. The van der Waals surface area contributed by atoms with Gasteiger partial charge >= 0.3 is 0 Å². The summed E-state index contributed by atoms with van der Waals surface area (Å²) in [4.78, 5) is 36.9. The molecule has 1 fully saturated rings. The van der Waals surface area contributed by atoms with E-state index in [1.54, 1.807) is 39.7 Å². The number of fused-ring (bicyclic) bond motifs is 1. The third-order valence-corrected chi connectivity index (χ3v) is 8.63. The van der Waals surface area contributed by atoms with Crippen molar-refractivity contribution in [3.05, 3.63) is 99.8 Å². The summed E-state index contributed by atoms with van der Waals surface area (Å²) in [6.45, 7) is 5.62. The molecule has 0 spiro atoms. The van der Waals surface area contributed by atoms with E-state index < -0.39 is 5.54 Å². The van der Waals surface area contributed by atoms with Crippen molar-refractivity contribution in [2.75, 3.05) is 13.6 Å². The fourth-order valence-corrected chi connectivity index (χ4v) is 5.80. The highest BCUT2D eigenvalue weighted by molar-refractivity contribution is 7.07. The van der Waals surface area contributed by atoms with Crippen LogP contribution in [-0.4, -0.2) is 50.1 Å². The van der Waals surface area contributed by atoms with E-state index in [1.807, 2.05) is 61.8 Å². The molecule has 0 aliphatic heterocycles. The predicted octanol–water partition coefficient (Wildman–Crippen LogP) is 5.48. The minimum absolute atomic E-state index is 0.00422. The number of thiazole rings is 1. The number of hydrogen-bond donors (Lipinski definition) is 1. The summed E-state index contributed by atoms with van der Waals surface area (Å²) in [7, 11) is 1.78. The lowest BCUT2D eigenvalue weighted by Gasteiger charge is -2.21. The molecule has 0 radical (unpaired) electrons. The molecule has 5 aromatic rings. The standard InChI is InChI=1S/C33H34N6O3S/c1-4-38(3)31(40)17-39-16-24(15-35-39)30-14-28(27-7-5-6-8-29(27)36-30)33(11-12-33)37-32(41)26-10-9-23(13-22(26)2)18-42-19-25-20-43-21-34-25/h5-10,13-16,20-21H,4,11-12,17-19H2,1-3H3,(H,37,41). The first-order valence-electron chi connectivity index (χ1n) is 14.4. The van der Waals surface area contributed by atoms with E-state index in [2.05, 4.69) is 27.5 Å². The highest BCUT2D eigenvalue weighted by Crippen LogP contribution is 2.48. The summed E-state index contributed by atoms with van der Waals surface area (Å²) in [6.07, 6.45) is 5.27. The van der Waals surface area contributed by atoms with Crippen molar-refractivity contribution in [2.45, 2.75) is 52.0 Å². The minimum atomic E-state index is -0.480. The highest BCUT2D eigenvalue weighted by Gasteiger charge is 2.47. The first-order chi connectivity index (χ1) is 20.8. The van der Waals surface area contributed by atoms with Crippen molar-refractivity contribution in [2.24, 2.45) is 0 Å². The number of likely N-dealkylation sites (N-methyl/N-ethyl adjacent to an activating group) is 1. The summed E-state index contributed by atoms with van der Waals surface area (Å²) in [6, 6.07) is 15.9. The van der Waals surface area contributed by atoms with Gasteiger partial charge in [-0.15, -0.1) is 11.3 Å². The molecule has 10 heteroatoms. The highest BCUT2D eigenvalue weighted by atomic mass is 32.1. The van der Waals surface area contributed by atoms with Crippen LogP contribution in [0.4, 0.5) is 0 Å². The van der Waals surface area contributed by atoms with E-state index in [0.29, 0.717) is 25.3 Å². The minimum Gasteiger partial charge on any atom is -0.370 e. The van der Waals surface area contributed by atoms with Crippen LogP contribution in [0.3, 0.4) is 0 Å². The second-order valence-corrected chi connectivity index (χ2v) is 11.8. The molecular formula is C33H34N6O3S. The Morgan fingerprint density at radius 1 is 1.14 bits per heavy atom. The molecule has 0 unspecified atom stereocenters. The summed E-state index contributed by atoms with van der Waals surface area (Å²) in [5.74, 6) is -0.103. The number of aromatic nitrogens is 4. The van der Waals surface area contributed by atoms with Gasteiger partial charge in [-0.1, -0.05) is 30.3 Å². The number of hydrogen-bond acceptors (Lipinski definition) is 7. The van der Waals surface area contributed by atoms with E-state index in [9.17, 15) is 9.59 Å². The van der Waals surface area contributed by atoms with Gasteiger partial charge in [0.05, 0.1) is 47.4 Å². The molecule has 3 heterocycles. The molecule has 1 aliphatic rings. The molecule has 6 rings (SSSR count). The zero-order chi connectivity index (χ0) is 30.0. The van der Waals surface area contributed by atoms with Crippen LogP contribution in [0.5, 0.6) is 0 Å². The van der Waals surface area contributed by atoms with E-state index in [4.69, 9.17) is 9.72 Å². The summed E-state index contributed by atoms with van der Waals surface area (Å²) >= 11 is 1.55. The van der Waals surface area contributed by atoms with Crippen molar-refractivity contribution in [1.82, 2.24) is 30.0 Å². The van der Waals surface area contributed by atoms with E-state index in [-0.39, 0.29) is 18.4 Å². The SMILES string of the molecule is CCN(C)C(=O)Cn1cc(-c2cc(C3(NC(=O)c4ccc(COCc5cscn5)cc4C)CC3)c3ccccc3n2)cn1. The van der Waals surface area contributed by atoms with Crippen LogP contribution >= 0.6 is 11.3 Å². The second kappa shape index (κ2) is 12.1. The number of carbonyl (C=O) groups is 2. The Balaban J connectivity index is 1.22. The van der Waals surface area contributed by atoms with Gasteiger partial charge in [0.2, 0.25) is 5.91 Å². The van der Waals surface area contributed by atoms with Crippen molar-refractivity contribution in [3.63, 3.8) is 0 Å². The zero-order valence-corrected chi connectivity index (χ0v) is 25.4. The Kier molecular flexibility index (Phi) is 8.05. The van der Waals surface area contributed by atoms with Gasteiger partial charge in [0.15, 0.2) is 0 Å². The lowest BCUT2D eigenvalue weighted by Crippen LogP contribution is -2.35. The topological polar surface area (TPSA) is 102 Å². The number of para-hydroxylation sites is 1. The second-order valence-electron chi connectivity index (χ2n) is 11.1. The number of nitrogens with zero attached hydrogens (tertiary/aromatic N) is 5. The van der Waals surface area contributed by atoms with E-state index in [1.165, 1.54) is 0 Å². The van der Waals surface area contributed by atoms with Crippen LogP contribution in [0.2, 0.25) is 0 Å². The first kappa shape index (κ1) is 28.7. The lowest BCUT2D eigenvalue weighted by atomic mass is 9.96. The Hall–Kier alpha value is -4.41. The Bertz CT molecular complexity index is 1780. The van der Waals surface area contributed by atoms with Gasteiger partial charge in [-0.2, -0.15) is 5.10 Å². The van der Waals surface area contributed by atoms with Crippen molar-refractivity contribution in [1.29, 1.82) is 0 Å². The quantitative estimate of drug-likeness (QED) is 0.217. The lowest BCUT2D eigenvalue weighted by molar-refractivity contribution is -0.130. The molecule has 2 aromatic carbocycles. The summed E-state index contributed by atoms with van der Waals surface area (Å²) in [5.41, 5.74) is 8.27. The van der Waals surface area contributed by atoms with Crippen LogP contribution in [0.25, 0.3) is 22.2 Å². The maximum absolute atomic E-state index is 13.6. The first-order valence-corrected chi connectivity index (χ1v) is 15.3. The van der Waals surface area contributed by atoms with Crippen LogP contribution in [0, 0.1) is 6.92 Å². The van der Waals surface area contributed by atoms with Gasteiger partial charge in [0, 0.05) is 41.7 Å². The fraction of sp³-hybridized carbons (Fsp3) is 0.303. The molecular weight excluding hydrogens is 560 g/mol. The molecule has 9 nitrogen and oxygen atoms in total.